The molecule has 0 aromatic heterocycles. The second-order valence-electron chi connectivity index (χ2n) is 5.55. The second-order valence-corrected chi connectivity index (χ2v) is 5.55. The molecule has 0 heterocycles. The first-order valence-electron chi connectivity index (χ1n) is 6.53. The molecule has 0 aliphatic rings. The maximum absolute atomic E-state index is 11.6. The molecule has 0 aromatic rings. The highest BCUT2D eigenvalue weighted by atomic mass is 16.6. The number of hydrogen-bond acceptors (Lipinski definition) is 6. The lowest BCUT2D eigenvalue weighted by Crippen LogP contribution is -2.50. The lowest BCUT2D eigenvalue weighted by molar-refractivity contribution is -0.146. The van der Waals surface area contributed by atoms with Gasteiger partial charge in [0, 0.05) is 13.3 Å². The molecule has 0 bridgehead atoms. The van der Waals surface area contributed by atoms with Gasteiger partial charge in [-0.15, -0.1) is 0 Å². The number of nitrogens with one attached hydrogen (secondary N) is 2. The summed E-state index contributed by atoms with van der Waals surface area (Å²) >= 11 is 0. The predicted molar refractivity (Wildman–Crippen MR) is 75.0 cm³/mol. The Morgan fingerprint density at radius 3 is 2.00 bits per heavy atom. The van der Waals surface area contributed by atoms with E-state index in [1.165, 1.54) is 6.92 Å². The fourth-order valence-electron chi connectivity index (χ4n) is 1.51. The van der Waals surface area contributed by atoms with Crippen LogP contribution in [0.5, 0.6) is 0 Å². The van der Waals surface area contributed by atoms with Crippen molar-refractivity contribution in [2.24, 2.45) is 0 Å². The Labute approximate surface area is 128 Å². The van der Waals surface area contributed by atoms with Crippen LogP contribution in [0, 0.1) is 0 Å². The number of hydrogen-bond donors (Lipinski definition) is 3. The molecule has 9 nitrogen and oxygen atoms in total. The molecule has 0 spiro atoms. The number of carboxylic acids is 1. The molecular weight excluding hydrogens is 296 g/mol. The zero-order valence-corrected chi connectivity index (χ0v) is 13.3. The number of alkyl carbamates (subject to hydrolysis) is 1. The Hall–Kier alpha value is -2.32. The van der Waals surface area contributed by atoms with Crippen LogP contribution in [0.1, 0.15) is 34.1 Å². The fourth-order valence-corrected chi connectivity index (χ4v) is 1.51. The van der Waals surface area contributed by atoms with E-state index in [9.17, 15) is 19.2 Å². The molecule has 0 unspecified atom stereocenters. The van der Waals surface area contributed by atoms with Gasteiger partial charge < -0.3 is 25.2 Å². The van der Waals surface area contributed by atoms with Crippen molar-refractivity contribution in [3.05, 3.63) is 0 Å². The highest BCUT2D eigenvalue weighted by Crippen LogP contribution is 2.08. The van der Waals surface area contributed by atoms with Gasteiger partial charge in [-0.1, -0.05) is 0 Å². The molecule has 0 fully saturated rings. The van der Waals surface area contributed by atoms with E-state index in [1.54, 1.807) is 20.8 Å². The van der Waals surface area contributed by atoms with Gasteiger partial charge in [0.25, 0.3) is 0 Å². The predicted octanol–water partition coefficient (Wildman–Crippen LogP) is 0.0321. The molecular formula is C13H22N2O7. The van der Waals surface area contributed by atoms with Crippen molar-refractivity contribution in [2.75, 3.05) is 7.11 Å². The van der Waals surface area contributed by atoms with Gasteiger partial charge in [-0.3, -0.25) is 4.79 Å². The molecule has 3 N–H and O–H groups in total. The lowest BCUT2D eigenvalue weighted by atomic mass is 10.1. The van der Waals surface area contributed by atoms with Crippen molar-refractivity contribution >= 4 is 23.9 Å². The number of aliphatic carboxylic acids is 1. The van der Waals surface area contributed by atoms with Gasteiger partial charge in [0.05, 0.1) is 7.11 Å². The number of rotatable bonds is 6. The molecule has 0 saturated heterocycles. The molecule has 0 aliphatic carbocycles. The Morgan fingerprint density at radius 2 is 1.64 bits per heavy atom. The monoisotopic (exact) mass is 318 g/mol. The van der Waals surface area contributed by atoms with Crippen molar-refractivity contribution < 1.29 is 33.8 Å². The van der Waals surface area contributed by atoms with E-state index >= 15 is 0 Å². The molecule has 0 aromatic carbocycles. The minimum absolute atomic E-state index is 0.374. The van der Waals surface area contributed by atoms with Gasteiger partial charge in [-0.25, -0.2) is 14.4 Å². The third-order valence-electron chi connectivity index (χ3n) is 2.32. The van der Waals surface area contributed by atoms with Crippen molar-refractivity contribution in [3.8, 4) is 0 Å². The van der Waals surface area contributed by atoms with Crippen LogP contribution < -0.4 is 10.6 Å². The average Bonchev–Trinajstić information content (AvgIpc) is 2.32. The van der Waals surface area contributed by atoms with E-state index in [1.807, 2.05) is 0 Å². The molecule has 0 radical (unpaired) electrons. The normalized spacial score (nSPS) is 13.5. The fraction of sp³-hybridized carbons (Fsp3) is 0.692. The third-order valence-corrected chi connectivity index (χ3v) is 2.32. The highest BCUT2D eigenvalue weighted by molar-refractivity contribution is 5.85. The number of carbonyl (C=O) groups is 4. The molecule has 0 aliphatic heterocycles. The summed E-state index contributed by atoms with van der Waals surface area (Å²) in [6.45, 7) is 6.04. The molecule has 9 heteroatoms. The van der Waals surface area contributed by atoms with E-state index in [4.69, 9.17) is 9.84 Å². The Bertz CT molecular complexity index is 442. The standard InChI is InChI=1S/C13H22N2O7/c1-7(16)14-9(11(19)21-5)6-8(10(17)18)15-12(20)22-13(2,3)4/h8-9H,6H2,1-5H3,(H,14,16)(H,15,20)(H,17,18)/t8-,9-/m1/s1. The van der Waals surface area contributed by atoms with Crippen molar-refractivity contribution in [3.63, 3.8) is 0 Å². The van der Waals surface area contributed by atoms with E-state index in [0.29, 0.717) is 0 Å². The summed E-state index contributed by atoms with van der Waals surface area (Å²) in [6, 6.07) is -2.62. The summed E-state index contributed by atoms with van der Waals surface area (Å²) in [5, 5.41) is 13.5. The summed E-state index contributed by atoms with van der Waals surface area (Å²) in [4.78, 5) is 45.4. The van der Waals surface area contributed by atoms with Gasteiger partial charge in [0.1, 0.15) is 17.7 Å². The number of carbonyl (C=O) groups excluding carboxylic acids is 3. The van der Waals surface area contributed by atoms with Crippen LogP contribution in [-0.4, -0.2) is 53.8 Å². The summed E-state index contributed by atoms with van der Waals surface area (Å²) in [7, 11) is 1.11. The summed E-state index contributed by atoms with van der Waals surface area (Å²) in [6.07, 6.45) is -1.31. The van der Waals surface area contributed by atoms with Crippen molar-refractivity contribution in [1.82, 2.24) is 10.6 Å². The smallest absolute Gasteiger partial charge is 0.408 e. The van der Waals surface area contributed by atoms with Crippen LogP contribution in [0.3, 0.4) is 0 Å². The van der Waals surface area contributed by atoms with Gasteiger partial charge in [0.2, 0.25) is 5.91 Å². The van der Waals surface area contributed by atoms with Gasteiger partial charge in [-0.2, -0.15) is 0 Å². The topological polar surface area (TPSA) is 131 Å². The summed E-state index contributed by atoms with van der Waals surface area (Å²) in [5.41, 5.74) is -0.799. The van der Waals surface area contributed by atoms with E-state index in [-0.39, 0.29) is 6.42 Å². The van der Waals surface area contributed by atoms with E-state index < -0.39 is 41.6 Å². The SMILES string of the molecule is COC(=O)[C@@H](C[C@@H](NC(=O)OC(C)(C)C)C(=O)O)NC(C)=O. The molecule has 2 amide bonds. The van der Waals surface area contributed by atoms with Crippen molar-refractivity contribution in [1.29, 1.82) is 0 Å². The largest absolute Gasteiger partial charge is 0.480 e. The number of esters is 1. The van der Waals surface area contributed by atoms with Gasteiger partial charge >= 0.3 is 18.0 Å². The maximum atomic E-state index is 11.6. The summed E-state index contributed by atoms with van der Waals surface area (Å²) in [5.74, 6) is -2.71. The zero-order chi connectivity index (χ0) is 17.5. The number of amides is 2. The first-order valence-corrected chi connectivity index (χ1v) is 6.53. The van der Waals surface area contributed by atoms with Crippen LogP contribution in [0.2, 0.25) is 0 Å². The van der Waals surface area contributed by atoms with Gasteiger partial charge in [-0.05, 0) is 20.8 Å². The average molecular weight is 318 g/mol. The Kier molecular flexibility index (Phi) is 7.34. The number of methoxy groups -OCH3 is 1. The lowest BCUT2D eigenvalue weighted by Gasteiger charge is -2.23. The number of carboxylic acid groups (broad SMARTS) is 1. The Morgan fingerprint density at radius 1 is 1.09 bits per heavy atom. The van der Waals surface area contributed by atoms with E-state index in [2.05, 4.69) is 15.4 Å². The molecule has 0 saturated carbocycles. The molecule has 2 atom stereocenters. The molecule has 22 heavy (non-hydrogen) atoms. The molecule has 0 rings (SSSR count). The second kappa shape index (κ2) is 8.20. The first kappa shape index (κ1) is 19.7. The summed E-state index contributed by atoms with van der Waals surface area (Å²) < 4.78 is 9.44. The van der Waals surface area contributed by atoms with Crippen LogP contribution in [0.15, 0.2) is 0 Å². The minimum Gasteiger partial charge on any atom is -0.480 e. The number of ether oxygens (including phenoxy) is 2. The zero-order valence-electron chi connectivity index (χ0n) is 13.3. The van der Waals surface area contributed by atoms with Crippen LogP contribution in [0.4, 0.5) is 4.79 Å². The molecule has 126 valence electrons. The van der Waals surface area contributed by atoms with Crippen LogP contribution in [0.25, 0.3) is 0 Å². The Balaban J connectivity index is 4.93. The first-order chi connectivity index (χ1) is 9.96. The quantitative estimate of drug-likeness (QED) is 0.589. The highest BCUT2D eigenvalue weighted by Gasteiger charge is 2.31. The maximum Gasteiger partial charge on any atom is 0.408 e. The van der Waals surface area contributed by atoms with Crippen LogP contribution >= 0.6 is 0 Å². The minimum atomic E-state index is -1.43. The van der Waals surface area contributed by atoms with Crippen LogP contribution in [-0.2, 0) is 23.9 Å². The third kappa shape index (κ3) is 8.08. The van der Waals surface area contributed by atoms with Gasteiger partial charge in [0.15, 0.2) is 0 Å². The van der Waals surface area contributed by atoms with Crippen molar-refractivity contribution in [2.45, 2.75) is 51.8 Å². The van der Waals surface area contributed by atoms with E-state index in [0.717, 1.165) is 7.11 Å².